The van der Waals surface area contributed by atoms with Crippen LogP contribution in [0.4, 0.5) is 0 Å². The summed E-state index contributed by atoms with van der Waals surface area (Å²) in [5.41, 5.74) is 34.2. The second kappa shape index (κ2) is 27.4. The summed E-state index contributed by atoms with van der Waals surface area (Å²) < 4.78 is 13.7. The first-order valence-electron chi connectivity index (χ1n) is 40.7. The van der Waals surface area contributed by atoms with Crippen LogP contribution >= 0.6 is 0 Å². The Morgan fingerprint density at radius 3 is 1.04 bits per heavy atom. The lowest BCUT2D eigenvalue weighted by Crippen LogP contribution is -2.32. The third-order valence-corrected chi connectivity index (χ3v) is 25.0. The minimum Gasteiger partial charge on any atom is -0.457 e. The van der Waals surface area contributed by atoms with Crippen LogP contribution in [0, 0.1) is 0 Å². The lowest BCUT2D eigenvalue weighted by atomic mass is 9.65. The summed E-state index contributed by atoms with van der Waals surface area (Å²) in [5, 5.41) is 2.21. The summed E-state index contributed by atoms with van der Waals surface area (Å²) in [7, 11) is 0. The Labute approximate surface area is 693 Å². The number of para-hydroxylation sites is 5. The number of benzene rings is 16. The maximum Gasteiger partial charge on any atom is 0.160 e. The van der Waals surface area contributed by atoms with Crippen LogP contribution in [0.1, 0.15) is 44.5 Å². The van der Waals surface area contributed by atoms with Crippen LogP contribution in [0.3, 0.4) is 0 Å². The summed E-state index contributed by atoms with van der Waals surface area (Å²) >= 11 is 0. The molecule has 0 amide bonds. The largest absolute Gasteiger partial charge is 0.457 e. The van der Waals surface area contributed by atoms with Crippen LogP contribution < -0.4 is 9.47 Å². The van der Waals surface area contributed by atoms with E-state index in [1.165, 1.54) is 27.8 Å². The van der Waals surface area contributed by atoms with Gasteiger partial charge in [0.15, 0.2) is 11.6 Å². The molecule has 8 nitrogen and oxygen atoms in total. The van der Waals surface area contributed by atoms with Gasteiger partial charge in [0.25, 0.3) is 0 Å². The fourth-order valence-corrected chi connectivity index (χ4v) is 19.5. The Morgan fingerprint density at radius 1 is 0.183 bits per heavy atom. The third-order valence-electron chi connectivity index (χ3n) is 25.0. The van der Waals surface area contributed by atoms with Crippen molar-refractivity contribution in [2.24, 2.45) is 0 Å². The van der Waals surface area contributed by atoms with Gasteiger partial charge in [-0.2, -0.15) is 0 Å². The Hall–Kier alpha value is -15.9. The molecule has 24 rings (SSSR count). The standard InChI is InChI=1S/C112H68N6O2/c1-4-22-71(23-5-1)83-58-59-85(108-90(83)33-21-61-114-108)80-52-56-88-89-57-53-81(66-98(89)112(97(88)65-80)93-36-12-16-40-105(93)120-106-41-17-13-37-94(106)112)102-68-100(73-26-8-3-9-27-73)117-110(118-102)82-30-18-29-77(62-82)69-42-46-74(47-43-69)101-67-99(72-24-6-2-7-25-72)115-109(116-101)76-48-44-70(45-49-76)78-50-54-86-87-55-51-79(84-32-19-28-75-31-20-60-113-107(75)84)64-96(87)111(95(86)63-78)91-34-10-14-38-103(91)119-104-39-15-11-35-92(104)111/h1-68H. The molecule has 16 aromatic carbocycles. The summed E-state index contributed by atoms with van der Waals surface area (Å²) in [6.45, 7) is 0. The Bertz CT molecular complexity index is 7500. The van der Waals surface area contributed by atoms with Crippen molar-refractivity contribution in [1.82, 2.24) is 29.9 Å². The van der Waals surface area contributed by atoms with Gasteiger partial charge >= 0.3 is 0 Å². The first kappa shape index (κ1) is 68.5. The number of hydrogen-bond acceptors (Lipinski definition) is 8. The van der Waals surface area contributed by atoms with Crippen LogP contribution in [0.25, 0.3) is 167 Å². The predicted molar refractivity (Wildman–Crippen MR) is 483 cm³/mol. The fraction of sp³-hybridized carbons (Fsp3) is 0.0179. The van der Waals surface area contributed by atoms with Crippen LogP contribution in [-0.4, -0.2) is 29.9 Å². The van der Waals surface area contributed by atoms with Crippen LogP contribution in [0.5, 0.6) is 23.0 Å². The minimum absolute atomic E-state index is 0.618. The van der Waals surface area contributed by atoms with Crippen molar-refractivity contribution >= 4 is 21.8 Å². The van der Waals surface area contributed by atoms with Gasteiger partial charge in [-0.25, -0.2) is 19.9 Å². The van der Waals surface area contributed by atoms with Crippen LogP contribution in [0.15, 0.2) is 413 Å². The van der Waals surface area contributed by atoms with Gasteiger partial charge in [-0.15, -0.1) is 0 Å². The van der Waals surface area contributed by atoms with Crippen molar-refractivity contribution < 1.29 is 9.47 Å². The van der Waals surface area contributed by atoms with Gasteiger partial charge in [0.05, 0.1) is 44.6 Å². The zero-order valence-electron chi connectivity index (χ0n) is 64.8. The van der Waals surface area contributed by atoms with Crippen LogP contribution in [0.2, 0.25) is 0 Å². The van der Waals surface area contributed by atoms with E-state index in [-0.39, 0.29) is 0 Å². The number of fused-ring (bicyclic) bond motifs is 20. The van der Waals surface area contributed by atoms with Gasteiger partial charge in [0, 0.05) is 89.9 Å². The fourth-order valence-electron chi connectivity index (χ4n) is 19.5. The number of rotatable bonds is 11. The molecule has 0 bridgehead atoms. The SMILES string of the molecule is c1ccc(-c2cc(-c3ccc(-c4cccc(-c5nc(-c6ccccc6)cc(-c6ccc7c(c6)C6(c8ccccc8Oc8ccccc86)c6cc(-c8ccc(-c9ccccc9)c9cccnc89)ccc6-7)n5)c4)cc3)nc(-c3ccc(-c4ccc5c(c4)C4(c6ccccc6Oc6ccccc64)c4cc(-c6cccc7cccnc67)ccc4-5)cc3)n2)cc1. The van der Waals surface area contributed by atoms with Crippen LogP contribution in [-0.2, 0) is 10.8 Å². The van der Waals surface area contributed by atoms with E-state index in [0.717, 1.165) is 196 Å². The van der Waals surface area contributed by atoms with Crippen molar-refractivity contribution in [2.45, 2.75) is 10.8 Å². The van der Waals surface area contributed by atoms with Gasteiger partial charge in [0.1, 0.15) is 23.0 Å². The van der Waals surface area contributed by atoms with Crippen molar-refractivity contribution in [2.75, 3.05) is 0 Å². The molecular weight excluding hydrogens is 1460 g/mol. The first-order chi connectivity index (χ1) is 59.4. The van der Waals surface area contributed by atoms with Crippen molar-refractivity contribution in [1.29, 1.82) is 0 Å². The van der Waals surface area contributed by atoms with Crippen molar-refractivity contribution in [3.63, 3.8) is 0 Å². The van der Waals surface area contributed by atoms with E-state index >= 15 is 0 Å². The van der Waals surface area contributed by atoms with Gasteiger partial charge in [-0.1, -0.05) is 322 Å². The zero-order valence-corrected chi connectivity index (χ0v) is 64.8. The molecule has 2 aliphatic carbocycles. The molecule has 0 saturated carbocycles. The van der Waals surface area contributed by atoms with E-state index in [0.29, 0.717) is 11.6 Å². The summed E-state index contributed by atoms with van der Waals surface area (Å²) in [4.78, 5) is 31.7. The highest BCUT2D eigenvalue weighted by atomic mass is 16.5. The number of aromatic nitrogens is 6. The lowest BCUT2D eigenvalue weighted by molar-refractivity contribution is 0.436. The van der Waals surface area contributed by atoms with Gasteiger partial charge in [-0.05, 0) is 168 Å². The van der Waals surface area contributed by atoms with Gasteiger partial charge in [0.2, 0.25) is 0 Å². The number of nitrogens with zero attached hydrogens (tertiary/aromatic N) is 6. The summed E-state index contributed by atoms with van der Waals surface area (Å²) in [6.07, 6.45) is 3.79. The molecule has 0 saturated heterocycles. The monoisotopic (exact) mass is 1530 g/mol. The number of hydrogen-bond donors (Lipinski definition) is 0. The maximum absolute atomic E-state index is 6.90. The van der Waals surface area contributed by atoms with E-state index in [1.54, 1.807) is 0 Å². The molecule has 20 aromatic rings. The maximum atomic E-state index is 6.90. The first-order valence-corrected chi connectivity index (χ1v) is 40.7. The lowest BCUT2D eigenvalue weighted by Gasteiger charge is -2.39. The Kier molecular flexibility index (Phi) is 15.6. The second-order valence-electron chi connectivity index (χ2n) is 31.4. The summed E-state index contributed by atoms with van der Waals surface area (Å²) in [5.74, 6) is 4.59. The van der Waals surface area contributed by atoms with E-state index in [2.05, 4.69) is 376 Å². The highest BCUT2D eigenvalue weighted by molar-refractivity contribution is 6.04. The highest BCUT2D eigenvalue weighted by Gasteiger charge is 2.53. The molecule has 2 aliphatic heterocycles. The topological polar surface area (TPSA) is 95.8 Å². The number of pyridine rings is 2. The van der Waals surface area contributed by atoms with Crippen molar-refractivity contribution in [3.05, 3.63) is 457 Å². The molecule has 120 heavy (non-hydrogen) atoms. The Balaban J connectivity index is 0.572. The van der Waals surface area contributed by atoms with Gasteiger partial charge < -0.3 is 9.47 Å². The van der Waals surface area contributed by atoms with E-state index < -0.39 is 10.8 Å². The minimum atomic E-state index is -0.782. The molecule has 6 heterocycles. The molecule has 0 fully saturated rings. The third kappa shape index (κ3) is 10.8. The Morgan fingerprint density at radius 2 is 0.517 bits per heavy atom. The summed E-state index contributed by atoms with van der Waals surface area (Å²) in [6, 6.07) is 143. The molecule has 0 unspecified atom stereocenters. The molecule has 558 valence electrons. The van der Waals surface area contributed by atoms with E-state index in [1.807, 2.05) is 36.7 Å². The molecule has 4 aliphatic rings. The highest BCUT2D eigenvalue weighted by Crippen LogP contribution is 2.65. The quantitative estimate of drug-likeness (QED) is 0.126. The molecule has 2 spiro atoms. The average molecular weight is 1530 g/mol. The normalized spacial score (nSPS) is 13.1. The molecule has 0 atom stereocenters. The molecule has 0 radical (unpaired) electrons. The molecule has 0 N–H and O–H groups in total. The van der Waals surface area contributed by atoms with Gasteiger partial charge in [-0.3, -0.25) is 9.97 Å². The van der Waals surface area contributed by atoms with Crippen molar-refractivity contribution in [3.8, 4) is 169 Å². The molecular formula is C112H68N6O2. The average Bonchev–Trinajstić information content (AvgIpc) is 1.51. The molecule has 4 aromatic heterocycles. The number of ether oxygens (including phenoxy) is 2. The van der Waals surface area contributed by atoms with E-state index in [4.69, 9.17) is 39.4 Å². The molecule has 8 heteroatoms. The predicted octanol–water partition coefficient (Wildman–Crippen LogP) is 27.6. The zero-order chi connectivity index (χ0) is 79.0. The van der Waals surface area contributed by atoms with E-state index in [9.17, 15) is 0 Å². The second-order valence-corrected chi connectivity index (χ2v) is 31.4. The smallest absolute Gasteiger partial charge is 0.160 e.